The number of furan rings is 1. The van der Waals surface area contributed by atoms with E-state index in [2.05, 4.69) is 21.2 Å². The Morgan fingerprint density at radius 3 is 2.29 bits per heavy atom. The van der Waals surface area contributed by atoms with Gasteiger partial charge in [0.05, 0.1) is 13.7 Å². The predicted molar refractivity (Wildman–Crippen MR) is 118 cm³/mol. The summed E-state index contributed by atoms with van der Waals surface area (Å²) in [4.78, 5) is 40.6. The molecule has 0 bridgehead atoms. The standard InChI is InChI=1S/C22H26BrN3O5/c1-30-17-6-3-16(4-7-17)5-10-20(27)25-11-2-12-26(14-13-25)21(28)15-24-22(29)18-8-9-19(23)31-18/h3-4,6-9H,2,5,10-15H2,1H3,(H,24,29). The number of halogens is 1. The number of carbonyl (C=O) groups is 3. The monoisotopic (exact) mass is 491 g/mol. The molecule has 31 heavy (non-hydrogen) atoms. The van der Waals surface area contributed by atoms with Gasteiger partial charge in [0.15, 0.2) is 10.4 Å². The molecule has 0 aliphatic carbocycles. The summed E-state index contributed by atoms with van der Waals surface area (Å²) in [6.45, 7) is 2.02. The van der Waals surface area contributed by atoms with E-state index >= 15 is 0 Å². The fraction of sp³-hybridized carbons (Fsp3) is 0.409. The van der Waals surface area contributed by atoms with Crippen molar-refractivity contribution >= 4 is 33.7 Å². The minimum atomic E-state index is -0.441. The van der Waals surface area contributed by atoms with E-state index in [1.54, 1.807) is 18.1 Å². The Labute approximate surface area is 189 Å². The topological polar surface area (TPSA) is 92.1 Å². The van der Waals surface area contributed by atoms with Crippen LogP contribution in [0.5, 0.6) is 5.75 Å². The van der Waals surface area contributed by atoms with Crippen molar-refractivity contribution in [2.75, 3.05) is 39.8 Å². The van der Waals surface area contributed by atoms with Gasteiger partial charge in [-0.05, 0) is 58.6 Å². The molecule has 1 aliphatic rings. The SMILES string of the molecule is COc1ccc(CCC(=O)N2CCCN(C(=O)CNC(=O)c3ccc(Br)o3)CC2)cc1. The van der Waals surface area contributed by atoms with Crippen LogP contribution < -0.4 is 10.1 Å². The highest BCUT2D eigenvalue weighted by Crippen LogP contribution is 2.15. The minimum absolute atomic E-state index is 0.0850. The van der Waals surface area contributed by atoms with Gasteiger partial charge in [-0.15, -0.1) is 0 Å². The molecule has 9 heteroatoms. The maximum atomic E-state index is 12.6. The first-order valence-electron chi connectivity index (χ1n) is 10.2. The molecule has 2 heterocycles. The molecule has 3 amide bonds. The molecule has 3 rings (SSSR count). The lowest BCUT2D eigenvalue weighted by atomic mass is 10.1. The van der Waals surface area contributed by atoms with Crippen molar-refractivity contribution in [1.82, 2.24) is 15.1 Å². The molecule has 0 unspecified atom stereocenters. The third-order valence-electron chi connectivity index (χ3n) is 5.19. The van der Waals surface area contributed by atoms with Crippen LogP contribution in [0.2, 0.25) is 0 Å². The van der Waals surface area contributed by atoms with Crippen LogP contribution in [-0.2, 0) is 16.0 Å². The van der Waals surface area contributed by atoms with Crippen molar-refractivity contribution in [2.24, 2.45) is 0 Å². The van der Waals surface area contributed by atoms with Crippen molar-refractivity contribution in [3.05, 3.63) is 52.4 Å². The number of nitrogens with one attached hydrogen (secondary N) is 1. The third-order valence-corrected chi connectivity index (χ3v) is 5.61. The van der Waals surface area contributed by atoms with Crippen LogP contribution in [0.3, 0.4) is 0 Å². The Hall–Kier alpha value is -2.81. The van der Waals surface area contributed by atoms with Crippen LogP contribution >= 0.6 is 15.9 Å². The van der Waals surface area contributed by atoms with Crippen LogP contribution in [0.1, 0.15) is 29.0 Å². The van der Waals surface area contributed by atoms with E-state index in [-0.39, 0.29) is 24.1 Å². The highest BCUT2D eigenvalue weighted by atomic mass is 79.9. The molecule has 0 saturated carbocycles. The average molecular weight is 492 g/mol. The number of methoxy groups -OCH3 is 1. The second-order valence-corrected chi connectivity index (χ2v) is 8.03. The summed E-state index contributed by atoms with van der Waals surface area (Å²) in [6.07, 6.45) is 1.80. The van der Waals surface area contributed by atoms with Gasteiger partial charge in [0.1, 0.15) is 5.75 Å². The molecule has 1 fully saturated rings. The van der Waals surface area contributed by atoms with E-state index in [1.165, 1.54) is 6.07 Å². The van der Waals surface area contributed by atoms with Crippen LogP contribution in [0.25, 0.3) is 0 Å². The first-order valence-corrected chi connectivity index (χ1v) is 11.0. The summed E-state index contributed by atoms with van der Waals surface area (Å²) in [5.74, 6) is 0.405. The lowest BCUT2D eigenvalue weighted by molar-refractivity contribution is -0.133. The minimum Gasteiger partial charge on any atom is -0.497 e. The summed E-state index contributed by atoms with van der Waals surface area (Å²) in [5.41, 5.74) is 1.08. The van der Waals surface area contributed by atoms with Gasteiger partial charge in [0.25, 0.3) is 5.91 Å². The Morgan fingerprint density at radius 2 is 1.68 bits per heavy atom. The van der Waals surface area contributed by atoms with E-state index in [0.717, 1.165) is 11.3 Å². The Balaban J connectivity index is 1.42. The van der Waals surface area contributed by atoms with Gasteiger partial charge >= 0.3 is 0 Å². The molecule has 1 aliphatic heterocycles. The number of hydrogen-bond acceptors (Lipinski definition) is 5. The van der Waals surface area contributed by atoms with Gasteiger partial charge in [0, 0.05) is 32.6 Å². The molecule has 1 aromatic carbocycles. The van der Waals surface area contributed by atoms with Crippen molar-refractivity contribution in [2.45, 2.75) is 19.3 Å². The second kappa shape index (κ2) is 11.0. The molecule has 166 valence electrons. The molecule has 1 aromatic heterocycles. The van der Waals surface area contributed by atoms with Crippen LogP contribution in [0, 0.1) is 0 Å². The van der Waals surface area contributed by atoms with E-state index in [9.17, 15) is 14.4 Å². The highest BCUT2D eigenvalue weighted by molar-refractivity contribution is 9.10. The van der Waals surface area contributed by atoms with Gasteiger partial charge in [-0.3, -0.25) is 14.4 Å². The molecule has 8 nitrogen and oxygen atoms in total. The van der Waals surface area contributed by atoms with E-state index in [0.29, 0.717) is 50.1 Å². The van der Waals surface area contributed by atoms with E-state index in [1.807, 2.05) is 29.2 Å². The van der Waals surface area contributed by atoms with Crippen molar-refractivity contribution in [3.63, 3.8) is 0 Å². The lowest BCUT2D eigenvalue weighted by Crippen LogP contribution is -2.42. The highest BCUT2D eigenvalue weighted by Gasteiger charge is 2.22. The zero-order valence-corrected chi connectivity index (χ0v) is 19.0. The summed E-state index contributed by atoms with van der Waals surface area (Å²) in [5, 5.41) is 2.58. The quantitative estimate of drug-likeness (QED) is 0.642. The lowest BCUT2D eigenvalue weighted by Gasteiger charge is -2.22. The van der Waals surface area contributed by atoms with E-state index < -0.39 is 5.91 Å². The molecule has 0 radical (unpaired) electrons. The number of hydrogen-bond donors (Lipinski definition) is 1. The van der Waals surface area contributed by atoms with Crippen LogP contribution in [0.15, 0.2) is 45.5 Å². The second-order valence-electron chi connectivity index (χ2n) is 7.25. The van der Waals surface area contributed by atoms with Gasteiger partial charge < -0.3 is 24.3 Å². The third kappa shape index (κ3) is 6.58. The van der Waals surface area contributed by atoms with Gasteiger partial charge in [-0.25, -0.2) is 0 Å². The maximum absolute atomic E-state index is 12.6. The van der Waals surface area contributed by atoms with Crippen molar-refractivity contribution in [1.29, 1.82) is 0 Å². The normalized spacial score (nSPS) is 14.1. The number of amides is 3. The van der Waals surface area contributed by atoms with E-state index in [4.69, 9.17) is 9.15 Å². The average Bonchev–Trinajstić information content (AvgIpc) is 3.07. The number of aryl methyl sites for hydroxylation is 1. The predicted octanol–water partition coefficient (Wildman–Crippen LogP) is 2.47. The van der Waals surface area contributed by atoms with Gasteiger partial charge in [0.2, 0.25) is 11.8 Å². The van der Waals surface area contributed by atoms with Crippen LogP contribution in [0.4, 0.5) is 0 Å². The Morgan fingerprint density at radius 1 is 1.00 bits per heavy atom. The molecule has 0 atom stereocenters. The molecule has 2 aromatic rings. The first-order chi connectivity index (χ1) is 15.0. The zero-order chi connectivity index (χ0) is 22.2. The van der Waals surface area contributed by atoms with Gasteiger partial charge in [-0.2, -0.15) is 0 Å². The van der Waals surface area contributed by atoms with Gasteiger partial charge in [-0.1, -0.05) is 12.1 Å². The summed E-state index contributed by atoms with van der Waals surface area (Å²) < 4.78 is 10.8. The fourth-order valence-corrected chi connectivity index (χ4v) is 3.72. The molecular weight excluding hydrogens is 466 g/mol. The molecular formula is C22H26BrN3O5. The Bertz CT molecular complexity index is 912. The number of benzene rings is 1. The zero-order valence-electron chi connectivity index (χ0n) is 17.4. The smallest absolute Gasteiger partial charge is 0.287 e. The first kappa shape index (κ1) is 22.9. The largest absolute Gasteiger partial charge is 0.497 e. The summed E-state index contributed by atoms with van der Waals surface area (Å²) >= 11 is 3.14. The Kier molecular flexibility index (Phi) is 8.11. The van der Waals surface area contributed by atoms with Crippen molar-refractivity contribution in [3.8, 4) is 5.75 Å². The number of rotatable bonds is 7. The fourth-order valence-electron chi connectivity index (χ4n) is 3.41. The maximum Gasteiger partial charge on any atom is 0.287 e. The summed E-state index contributed by atoms with van der Waals surface area (Å²) in [6, 6.07) is 10.9. The van der Waals surface area contributed by atoms with Crippen LogP contribution in [-0.4, -0.2) is 67.4 Å². The number of nitrogens with zero attached hydrogens (tertiary/aromatic N) is 2. The molecule has 1 saturated heterocycles. The van der Waals surface area contributed by atoms with Crippen molar-refractivity contribution < 1.29 is 23.5 Å². The number of ether oxygens (including phenoxy) is 1. The summed E-state index contributed by atoms with van der Waals surface area (Å²) in [7, 11) is 1.62. The molecule has 0 spiro atoms. The number of carbonyl (C=O) groups excluding carboxylic acids is 3. The molecule has 1 N–H and O–H groups in total.